The maximum Gasteiger partial charge on any atom is 0.326 e. The Hall–Kier alpha value is -1.34. The third kappa shape index (κ3) is 4.58. The molecule has 0 spiro atoms. The molecule has 0 saturated carbocycles. The van der Waals surface area contributed by atoms with Crippen molar-refractivity contribution < 1.29 is 14.4 Å². The Morgan fingerprint density at radius 3 is 2.73 bits per heavy atom. The molecule has 2 fully saturated rings. The number of nitrogens with zero attached hydrogens (tertiary/aromatic N) is 2. The van der Waals surface area contributed by atoms with Gasteiger partial charge in [-0.05, 0) is 25.3 Å². The molecule has 0 aromatic carbocycles. The third-order valence-electron chi connectivity index (χ3n) is 4.19. The van der Waals surface area contributed by atoms with E-state index in [0.717, 1.165) is 19.5 Å². The zero-order valence-electron chi connectivity index (χ0n) is 13.1. The second-order valence-electron chi connectivity index (χ2n) is 5.93. The van der Waals surface area contributed by atoms with E-state index in [1.165, 1.54) is 9.80 Å². The summed E-state index contributed by atoms with van der Waals surface area (Å²) in [5.41, 5.74) is 0. The van der Waals surface area contributed by atoms with Gasteiger partial charge in [-0.25, -0.2) is 4.79 Å². The fourth-order valence-electron chi connectivity index (χ4n) is 2.75. The Balaban J connectivity index is 0.00000242. The van der Waals surface area contributed by atoms with E-state index in [1.54, 1.807) is 7.05 Å². The van der Waals surface area contributed by atoms with Crippen molar-refractivity contribution in [1.82, 2.24) is 20.4 Å². The number of urea groups is 1. The molecule has 126 valence electrons. The highest BCUT2D eigenvalue weighted by Gasteiger charge is 2.33. The van der Waals surface area contributed by atoms with Crippen LogP contribution in [0.5, 0.6) is 0 Å². The first kappa shape index (κ1) is 18.7. The van der Waals surface area contributed by atoms with Crippen LogP contribution in [-0.2, 0) is 9.59 Å². The molecule has 22 heavy (non-hydrogen) atoms. The molecule has 4 amide bonds. The fraction of sp³-hybridized carbons (Fsp3) is 0.786. The average molecular weight is 333 g/mol. The van der Waals surface area contributed by atoms with Gasteiger partial charge in [-0.1, -0.05) is 6.92 Å². The molecule has 2 heterocycles. The van der Waals surface area contributed by atoms with Crippen LogP contribution in [-0.4, -0.2) is 66.9 Å². The second-order valence-corrected chi connectivity index (χ2v) is 5.93. The van der Waals surface area contributed by atoms with Gasteiger partial charge in [0, 0.05) is 32.6 Å². The molecule has 2 atom stereocenters. The van der Waals surface area contributed by atoms with Crippen LogP contribution < -0.4 is 10.6 Å². The van der Waals surface area contributed by atoms with Crippen molar-refractivity contribution in [2.75, 3.05) is 33.2 Å². The molecule has 2 aliphatic heterocycles. The first-order valence-corrected chi connectivity index (χ1v) is 7.54. The van der Waals surface area contributed by atoms with Gasteiger partial charge in [0.1, 0.15) is 6.54 Å². The lowest BCUT2D eigenvalue weighted by atomic mass is 9.95. The summed E-state index contributed by atoms with van der Waals surface area (Å²) >= 11 is 0. The minimum Gasteiger partial charge on any atom is -0.352 e. The predicted octanol–water partition coefficient (Wildman–Crippen LogP) is 0.197. The van der Waals surface area contributed by atoms with E-state index in [0.29, 0.717) is 25.3 Å². The number of imide groups is 1. The topological polar surface area (TPSA) is 81.8 Å². The summed E-state index contributed by atoms with van der Waals surface area (Å²) in [6.45, 7) is 4.40. The van der Waals surface area contributed by atoms with Crippen LogP contribution in [0.4, 0.5) is 4.79 Å². The largest absolute Gasteiger partial charge is 0.352 e. The zero-order chi connectivity index (χ0) is 15.4. The average Bonchev–Trinajstić information content (AvgIpc) is 2.68. The molecule has 0 bridgehead atoms. The summed E-state index contributed by atoms with van der Waals surface area (Å²) in [5.74, 6) is 0.279. The molecule has 0 aromatic heterocycles. The number of hydrogen-bond acceptors (Lipinski definition) is 4. The van der Waals surface area contributed by atoms with E-state index >= 15 is 0 Å². The maximum atomic E-state index is 11.9. The number of piperidine rings is 1. The number of carbonyl (C=O) groups excluding carboxylic acids is 3. The number of carbonyl (C=O) groups is 3. The van der Waals surface area contributed by atoms with Crippen molar-refractivity contribution in [2.45, 2.75) is 32.2 Å². The van der Waals surface area contributed by atoms with Gasteiger partial charge < -0.3 is 15.5 Å². The Labute approximate surface area is 137 Å². The lowest BCUT2D eigenvalue weighted by Crippen LogP contribution is -2.50. The minimum absolute atomic E-state index is 0. The lowest BCUT2D eigenvalue weighted by Gasteiger charge is -2.30. The molecule has 0 aliphatic carbocycles. The van der Waals surface area contributed by atoms with Crippen molar-refractivity contribution in [3.8, 4) is 0 Å². The van der Waals surface area contributed by atoms with Gasteiger partial charge in [-0.2, -0.15) is 0 Å². The van der Waals surface area contributed by atoms with Gasteiger partial charge >= 0.3 is 6.03 Å². The molecule has 0 radical (unpaired) electrons. The molecule has 2 N–H and O–H groups in total. The molecule has 7 nitrogen and oxygen atoms in total. The molecule has 2 saturated heterocycles. The first-order valence-electron chi connectivity index (χ1n) is 7.54. The van der Waals surface area contributed by atoms with Gasteiger partial charge in [-0.15, -0.1) is 12.4 Å². The second kappa shape index (κ2) is 8.33. The third-order valence-corrected chi connectivity index (χ3v) is 4.19. The van der Waals surface area contributed by atoms with E-state index < -0.39 is 0 Å². The maximum absolute atomic E-state index is 11.9. The van der Waals surface area contributed by atoms with Crippen molar-refractivity contribution in [2.24, 2.45) is 5.92 Å². The molecule has 2 aliphatic rings. The van der Waals surface area contributed by atoms with Crippen LogP contribution >= 0.6 is 12.4 Å². The van der Waals surface area contributed by atoms with Gasteiger partial charge in [0.2, 0.25) is 11.8 Å². The number of rotatable bonds is 5. The molecule has 8 heteroatoms. The number of nitrogens with one attached hydrogen (secondary N) is 2. The Morgan fingerprint density at radius 2 is 2.14 bits per heavy atom. The number of amides is 4. The van der Waals surface area contributed by atoms with Gasteiger partial charge in [0.05, 0.1) is 0 Å². The van der Waals surface area contributed by atoms with Crippen LogP contribution in [0.25, 0.3) is 0 Å². The lowest BCUT2D eigenvalue weighted by molar-refractivity contribution is -0.126. The summed E-state index contributed by atoms with van der Waals surface area (Å²) in [4.78, 5) is 37.8. The van der Waals surface area contributed by atoms with E-state index in [1.807, 2.05) is 0 Å². The van der Waals surface area contributed by atoms with Gasteiger partial charge in [-0.3, -0.25) is 14.5 Å². The molecular formula is C14H25ClN4O3. The smallest absolute Gasteiger partial charge is 0.326 e. The van der Waals surface area contributed by atoms with Crippen LogP contribution in [0.1, 0.15) is 26.2 Å². The zero-order valence-corrected chi connectivity index (χ0v) is 13.9. The summed E-state index contributed by atoms with van der Waals surface area (Å²) in [6.07, 6.45) is 1.91. The number of hydrogen-bond donors (Lipinski definition) is 2. The fourth-order valence-corrected chi connectivity index (χ4v) is 2.75. The van der Waals surface area contributed by atoms with Gasteiger partial charge in [0.25, 0.3) is 0 Å². The quantitative estimate of drug-likeness (QED) is 0.705. The molecule has 2 rings (SSSR count). The predicted molar refractivity (Wildman–Crippen MR) is 84.8 cm³/mol. The minimum atomic E-state index is -0.273. The van der Waals surface area contributed by atoms with Crippen LogP contribution in [0.2, 0.25) is 0 Å². The summed E-state index contributed by atoms with van der Waals surface area (Å²) in [7, 11) is 1.60. The molecular weight excluding hydrogens is 308 g/mol. The number of likely N-dealkylation sites (N-methyl/N-ethyl adjacent to an activating group) is 1. The monoisotopic (exact) mass is 332 g/mol. The molecule has 2 unspecified atom stereocenters. The highest BCUT2D eigenvalue weighted by atomic mass is 35.5. The van der Waals surface area contributed by atoms with E-state index in [4.69, 9.17) is 0 Å². The van der Waals surface area contributed by atoms with Crippen molar-refractivity contribution in [1.29, 1.82) is 0 Å². The number of halogens is 1. The highest BCUT2D eigenvalue weighted by Crippen LogP contribution is 2.12. The Bertz CT molecular complexity index is 432. The van der Waals surface area contributed by atoms with Crippen molar-refractivity contribution in [3.05, 3.63) is 0 Å². The molecule has 0 aromatic rings. The summed E-state index contributed by atoms with van der Waals surface area (Å²) in [5, 5.41) is 6.30. The SMILES string of the molecule is CC1CCNCC1NC(=O)CCCN1C(=O)CN(C)C1=O.Cl. The van der Waals surface area contributed by atoms with Crippen molar-refractivity contribution in [3.63, 3.8) is 0 Å². The van der Waals surface area contributed by atoms with Crippen molar-refractivity contribution >= 4 is 30.3 Å². The summed E-state index contributed by atoms with van der Waals surface area (Å²) < 4.78 is 0. The van der Waals surface area contributed by atoms with Crippen LogP contribution in [0.3, 0.4) is 0 Å². The summed E-state index contributed by atoms with van der Waals surface area (Å²) in [6, 6.07) is -0.0991. The Kier molecular flexibility index (Phi) is 7.09. The Morgan fingerprint density at radius 1 is 1.41 bits per heavy atom. The standard InChI is InChI=1S/C14H24N4O3.ClH/c1-10-5-6-15-8-11(10)16-12(19)4-3-7-18-13(20)9-17(2)14(18)21;/h10-11,15H,3-9H2,1-2H3,(H,16,19);1H. The van der Waals surface area contributed by atoms with Gasteiger partial charge in [0.15, 0.2) is 0 Å². The van der Waals surface area contributed by atoms with Crippen LogP contribution in [0, 0.1) is 5.92 Å². The van der Waals surface area contributed by atoms with Crippen LogP contribution in [0.15, 0.2) is 0 Å². The van der Waals surface area contributed by atoms with E-state index in [-0.39, 0.29) is 42.8 Å². The normalized spacial score (nSPS) is 25.2. The van der Waals surface area contributed by atoms with E-state index in [2.05, 4.69) is 17.6 Å². The highest BCUT2D eigenvalue weighted by molar-refractivity contribution is 6.01. The van der Waals surface area contributed by atoms with E-state index in [9.17, 15) is 14.4 Å². The first-order chi connectivity index (χ1) is 9.99.